The lowest BCUT2D eigenvalue weighted by atomic mass is 10.3. The zero-order chi connectivity index (χ0) is 16.6. The second-order valence-electron chi connectivity index (χ2n) is 5.07. The van der Waals surface area contributed by atoms with Gasteiger partial charge in [-0.05, 0) is 26.0 Å². The Hall–Kier alpha value is -3.23. The predicted molar refractivity (Wildman–Crippen MR) is 82.5 cm³/mol. The number of aryl methyl sites for hydroxylation is 1. The van der Waals surface area contributed by atoms with Crippen molar-refractivity contribution in [3.63, 3.8) is 0 Å². The summed E-state index contributed by atoms with van der Waals surface area (Å²) in [6.45, 7) is 2.99. The number of amides is 1. The number of nitrogens with one attached hydrogen (secondary N) is 1. The molecule has 23 heavy (non-hydrogen) atoms. The molecule has 2 heterocycles. The molecule has 9 heteroatoms. The molecule has 0 atom stereocenters. The van der Waals surface area contributed by atoms with E-state index in [0.29, 0.717) is 5.69 Å². The molecule has 0 fully saturated rings. The van der Waals surface area contributed by atoms with E-state index in [-0.39, 0.29) is 23.8 Å². The van der Waals surface area contributed by atoms with Crippen LogP contribution in [0.1, 0.15) is 11.4 Å². The normalized spacial score (nSPS) is 10.9. The maximum absolute atomic E-state index is 12.2. The molecule has 0 spiro atoms. The molecule has 9 nitrogen and oxygen atoms in total. The zero-order valence-electron chi connectivity index (χ0n) is 12.6. The Bertz CT molecular complexity index is 911. The first-order chi connectivity index (χ1) is 11.0. The number of fused-ring (bicyclic) bond motifs is 1. The van der Waals surface area contributed by atoms with Crippen LogP contribution in [0.5, 0.6) is 0 Å². The minimum absolute atomic E-state index is 0.0640. The van der Waals surface area contributed by atoms with E-state index in [9.17, 15) is 14.9 Å². The van der Waals surface area contributed by atoms with Gasteiger partial charge in [-0.1, -0.05) is 12.1 Å². The SMILES string of the molecule is Cc1nn(CC(=O)Nn2cnc3ccccc32)c(C)c1[N+](=O)[O-]. The fourth-order valence-corrected chi connectivity index (χ4v) is 2.46. The molecular weight excluding hydrogens is 300 g/mol. The van der Waals surface area contributed by atoms with Crippen LogP contribution in [0.15, 0.2) is 30.6 Å². The number of nitrogens with zero attached hydrogens (tertiary/aromatic N) is 5. The van der Waals surface area contributed by atoms with E-state index in [4.69, 9.17) is 0 Å². The Morgan fingerprint density at radius 3 is 2.78 bits per heavy atom. The van der Waals surface area contributed by atoms with Gasteiger partial charge in [0, 0.05) is 0 Å². The second kappa shape index (κ2) is 5.52. The third-order valence-electron chi connectivity index (χ3n) is 3.52. The van der Waals surface area contributed by atoms with E-state index in [0.717, 1.165) is 11.0 Å². The van der Waals surface area contributed by atoms with Crippen molar-refractivity contribution in [2.24, 2.45) is 0 Å². The lowest BCUT2D eigenvalue weighted by molar-refractivity contribution is -0.386. The molecule has 0 unspecified atom stereocenters. The maximum atomic E-state index is 12.2. The molecule has 0 saturated carbocycles. The van der Waals surface area contributed by atoms with Crippen LogP contribution in [-0.2, 0) is 11.3 Å². The summed E-state index contributed by atoms with van der Waals surface area (Å²) in [5.41, 5.74) is 4.77. The molecule has 118 valence electrons. The number of aromatic nitrogens is 4. The summed E-state index contributed by atoms with van der Waals surface area (Å²) < 4.78 is 2.83. The molecule has 0 radical (unpaired) electrons. The molecule has 2 aromatic heterocycles. The molecule has 3 rings (SSSR count). The first-order valence-corrected chi connectivity index (χ1v) is 6.87. The largest absolute Gasteiger partial charge is 0.312 e. The smallest absolute Gasteiger partial charge is 0.271 e. The summed E-state index contributed by atoms with van der Waals surface area (Å²) in [6.07, 6.45) is 1.51. The van der Waals surface area contributed by atoms with E-state index in [1.165, 1.54) is 15.7 Å². The topological polar surface area (TPSA) is 108 Å². The summed E-state index contributed by atoms with van der Waals surface area (Å²) in [6, 6.07) is 7.37. The summed E-state index contributed by atoms with van der Waals surface area (Å²) in [7, 11) is 0. The van der Waals surface area contributed by atoms with Crippen molar-refractivity contribution in [2.75, 3.05) is 5.43 Å². The Kier molecular flexibility index (Phi) is 3.53. The number of hydrogen-bond donors (Lipinski definition) is 1. The van der Waals surface area contributed by atoms with Crippen molar-refractivity contribution in [3.8, 4) is 0 Å². The van der Waals surface area contributed by atoms with E-state index >= 15 is 0 Å². The average molecular weight is 314 g/mol. The first kappa shape index (κ1) is 14.7. The lowest BCUT2D eigenvalue weighted by Gasteiger charge is -2.07. The summed E-state index contributed by atoms with van der Waals surface area (Å²) in [5, 5.41) is 15.0. The molecule has 1 amide bonds. The Labute approximate surface area is 130 Å². The number of carbonyl (C=O) groups is 1. The first-order valence-electron chi connectivity index (χ1n) is 6.87. The number of carbonyl (C=O) groups excluding carboxylic acids is 1. The molecule has 0 aliphatic carbocycles. The van der Waals surface area contributed by atoms with E-state index in [1.54, 1.807) is 13.8 Å². The minimum atomic E-state index is -0.491. The summed E-state index contributed by atoms with van der Waals surface area (Å²) in [4.78, 5) is 26.8. The van der Waals surface area contributed by atoms with Crippen molar-refractivity contribution in [2.45, 2.75) is 20.4 Å². The highest BCUT2D eigenvalue weighted by atomic mass is 16.6. The molecular formula is C14H14N6O3. The van der Waals surface area contributed by atoms with Gasteiger partial charge in [0.25, 0.3) is 5.91 Å². The quantitative estimate of drug-likeness (QED) is 0.580. The van der Waals surface area contributed by atoms with Crippen LogP contribution >= 0.6 is 0 Å². The number of para-hydroxylation sites is 2. The fraction of sp³-hybridized carbons (Fsp3) is 0.214. The van der Waals surface area contributed by atoms with Crippen LogP contribution in [0.3, 0.4) is 0 Å². The van der Waals surface area contributed by atoms with Gasteiger partial charge >= 0.3 is 5.69 Å². The van der Waals surface area contributed by atoms with Gasteiger partial charge in [0.2, 0.25) is 0 Å². The van der Waals surface area contributed by atoms with Crippen molar-refractivity contribution in [1.29, 1.82) is 0 Å². The van der Waals surface area contributed by atoms with E-state index in [1.807, 2.05) is 24.3 Å². The molecule has 0 aliphatic rings. The van der Waals surface area contributed by atoms with Crippen LogP contribution < -0.4 is 5.43 Å². The zero-order valence-corrected chi connectivity index (χ0v) is 12.6. The van der Waals surface area contributed by atoms with Gasteiger partial charge in [-0.15, -0.1) is 0 Å². The van der Waals surface area contributed by atoms with Gasteiger partial charge in [-0.2, -0.15) is 5.10 Å². The number of rotatable bonds is 4. The van der Waals surface area contributed by atoms with E-state index < -0.39 is 4.92 Å². The fourth-order valence-electron chi connectivity index (χ4n) is 2.46. The maximum Gasteiger partial charge on any atom is 0.312 e. The highest BCUT2D eigenvalue weighted by Crippen LogP contribution is 2.21. The van der Waals surface area contributed by atoms with Gasteiger partial charge in [0.1, 0.15) is 24.3 Å². The second-order valence-corrected chi connectivity index (χ2v) is 5.07. The Balaban J connectivity index is 1.80. The van der Waals surface area contributed by atoms with Crippen molar-refractivity contribution in [3.05, 3.63) is 52.1 Å². The molecule has 0 bridgehead atoms. The molecule has 0 saturated heterocycles. The third kappa shape index (κ3) is 2.63. The predicted octanol–water partition coefficient (Wildman–Crippen LogP) is 1.53. The molecule has 1 N–H and O–H groups in total. The highest BCUT2D eigenvalue weighted by Gasteiger charge is 2.22. The lowest BCUT2D eigenvalue weighted by Crippen LogP contribution is -2.27. The van der Waals surface area contributed by atoms with Crippen LogP contribution in [0.25, 0.3) is 11.0 Å². The monoisotopic (exact) mass is 314 g/mol. The summed E-state index contributed by atoms with van der Waals surface area (Å²) in [5.74, 6) is -0.353. The van der Waals surface area contributed by atoms with Crippen molar-refractivity contribution < 1.29 is 9.72 Å². The van der Waals surface area contributed by atoms with Crippen LogP contribution in [0, 0.1) is 24.0 Å². The van der Waals surface area contributed by atoms with Crippen LogP contribution in [-0.4, -0.2) is 30.3 Å². The van der Waals surface area contributed by atoms with Crippen LogP contribution in [0.4, 0.5) is 5.69 Å². The number of imidazole rings is 1. The van der Waals surface area contributed by atoms with Gasteiger partial charge in [-0.3, -0.25) is 25.0 Å². The highest BCUT2D eigenvalue weighted by molar-refractivity contribution is 5.86. The van der Waals surface area contributed by atoms with E-state index in [2.05, 4.69) is 15.5 Å². The molecule has 0 aliphatic heterocycles. The number of hydrogen-bond acceptors (Lipinski definition) is 5. The Morgan fingerprint density at radius 2 is 2.09 bits per heavy atom. The molecule has 1 aromatic carbocycles. The van der Waals surface area contributed by atoms with Crippen molar-refractivity contribution in [1.82, 2.24) is 19.4 Å². The minimum Gasteiger partial charge on any atom is -0.271 e. The van der Waals surface area contributed by atoms with Gasteiger partial charge < -0.3 is 0 Å². The Morgan fingerprint density at radius 1 is 1.35 bits per heavy atom. The third-order valence-corrected chi connectivity index (χ3v) is 3.52. The summed E-state index contributed by atoms with van der Waals surface area (Å²) >= 11 is 0. The van der Waals surface area contributed by atoms with Crippen molar-refractivity contribution >= 4 is 22.6 Å². The standard InChI is InChI=1S/C14H14N6O3/c1-9-14(20(22)23)10(2)18(16-9)7-13(21)17-19-8-15-11-5-3-4-6-12(11)19/h3-6,8H,7H2,1-2H3,(H,17,21). The number of benzene rings is 1. The van der Waals surface area contributed by atoms with Gasteiger partial charge in [-0.25, -0.2) is 9.66 Å². The van der Waals surface area contributed by atoms with Crippen LogP contribution in [0.2, 0.25) is 0 Å². The number of nitro groups is 1. The molecule has 3 aromatic rings. The van der Waals surface area contributed by atoms with Gasteiger partial charge in [0.05, 0.1) is 16.0 Å². The van der Waals surface area contributed by atoms with Gasteiger partial charge in [0.15, 0.2) is 0 Å². The average Bonchev–Trinajstić information content (AvgIpc) is 3.01.